The Hall–Kier alpha value is -4.94. The maximum Gasteiger partial charge on any atom is 0.411 e. The van der Waals surface area contributed by atoms with Crippen LogP contribution in [-0.4, -0.2) is 102 Å². The summed E-state index contributed by atoms with van der Waals surface area (Å²) < 4.78 is 5.75. The summed E-state index contributed by atoms with van der Waals surface area (Å²) in [5.41, 5.74) is 3.64. The number of ether oxygens (including phenoxy) is 1. The van der Waals surface area contributed by atoms with Crippen LogP contribution >= 0.6 is 0 Å². The quantitative estimate of drug-likeness (QED) is 0.129. The molecule has 0 aliphatic carbocycles. The third-order valence-electron chi connectivity index (χ3n) is 9.82. The smallest absolute Gasteiger partial charge is 0.411 e. The number of phenols is 1. The molecule has 2 saturated heterocycles. The normalized spacial score (nSPS) is 15.4. The van der Waals surface area contributed by atoms with Crippen LogP contribution in [0.4, 0.5) is 10.5 Å². The Morgan fingerprint density at radius 2 is 1.58 bits per heavy atom. The summed E-state index contributed by atoms with van der Waals surface area (Å²) in [6.45, 7) is 5.90. The van der Waals surface area contributed by atoms with Gasteiger partial charge in [0.25, 0.3) is 0 Å². The van der Waals surface area contributed by atoms with Gasteiger partial charge in [-0.15, -0.1) is 0 Å². The zero-order valence-electron chi connectivity index (χ0n) is 30.6. The zero-order valence-corrected chi connectivity index (χ0v) is 30.6. The van der Waals surface area contributed by atoms with Gasteiger partial charge < -0.3 is 30.3 Å². The summed E-state index contributed by atoms with van der Waals surface area (Å²) >= 11 is 0. The van der Waals surface area contributed by atoms with Crippen molar-refractivity contribution in [2.24, 2.45) is 0 Å². The SMILES string of the molecule is O=C(CCN1CCC(OC(=O)Nc2ccccc2-c2ccccc2)CC1)NCCCCCN(Cc1ccc(O)cc1)C(=O)CCCN1CCC(=O)NC1. The van der Waals surface area contributed by atoms with E-state index in [-0.39, 0.29) is 29.6 Å². The Morgan fingerprint density at radius 3 is 2.34 bits per heavy atom. The topological polar surface area (TPSA) is 144 Å². The van der Waals surface area contributed by atoms with Gasteiger partial charge in [0.15, 0.2) is 0 Å². The third-order valence-corrected chi connectivity index (χ3v) is 9.82. The van der Waals surface area contributed by atoms with Crippen molar-refractivity contribution in [2.45, 2.75) is 70.4 Å². The van der Waals surface area contributed by atoms with Gasteiger partial charge >= 0.3 is 6.09 Å². The maximum atomic E-state index is 13.2. The van der Waals surface area contributed by atoms with Gasteiger partial charge in [-0.2, -0.15) is 0 Å². The molecular formula is C41H54N6O6. The monoisotopic (exact) mass is 726 g/mol. The van der Waals surface area contributed by atoms with E-state index >= 15 is 0 Å². The summed E-state index contributed by atoms with van der Waals surface area (Å²) in [4.78, 5) is 56.2. The van der Waals surface area contributed by atoms with Crippen LogP contribution in [0.25, 0.3) is 11.1 Å². The number of nitrogens with one attached hydrogen (secondary N) is 3. The van der Waals surface area contributed by atoms with E-state index in [4.69, 9.17) is 4.74 Å². The van der Waals surface area contributed by atoms with Crippen molar-refractivity contribution in [1.29, 1.82) is 0 Å². The lowest BCUT2D eigenvalue weighted by Gasteiger charge is -2.31. The number of amides is 4. The molecule has 2 fully saturated rings. The lowest BCUT2D eigenvalue weighted by Crippen LogP contribution is -2.45. The number of piperidine rings is 1. The molecule has 0 radical (unpaired) electrons. The molecule has 2 aliphatic rings. The number of carbonyl (C=O) groups excluding carboxylic acids is 4. The van der Waals surface area contributed by atoms with Crippen LogP contribution in [0.2, 0.25) is 0 Å². The van der Waals surface area contributed by atoms with Crippen LogP contribution in [0, 0.1) is 0 Å². The van der Waals surface area contributed by atoms with Crippen LogP contribution < -0.4 is 16.0 Å². The minimum atomic E-state index is -0.454. The van der Waals surface area contributed by atoms with Crippen molar-refractivity contribution in [2.75, 3.05) is 57.8 Å². The molecule has 12 nitrogen and oxygen atoms in total. The Bertz CT molecular complexity index is 1600. The van der Waals surface area contributed by atoms with Gasteiger partial charge in [0, 0.05) is 77.2 Å². The predicted molar refractivity (Wildman–Crippen MR) is 205 cm³/mol. The van der Waals surface area contributed by atoms with Gasteiger partial charge in [0.2, 0.25) is 17.7 Å². The molecule has 0 spiro atoms. The van der Waals surface area contributed by atoms with E-state index in [1.54, 1.807) is 12.1 Å². The van der Waals surface area contributed by atoms with Crippen molar-refractivity contribution in [3.63, 3.8) is 0 Å². The molecule has 284 valence electrons. The van der Waals surface area contributed by atoms with Crippen molar-refractivity contribution in [3.05, 3.63) is 84.4 Å². The molecule has 5 rings (SSSR count). The number of hydrogen-bond acceptors (Lipinski definition) is 8. The Labute approximate surface area is 312 Å². The average molecular weight is 727 g/mol. The van der Waals surface area contributed by atoms with Crippen molar-refractivity contribution >= 4 is 29.5 Å². The number of para-hydroxylation sites is 1. The fourth-order valence-corrected chi connectivity index (χ4v) is 6.73. The fraction of sp³-hybridized carbons (Fsp3) is 0.463. The predicted octanol–water partition coefficient (Wildman–Crippen LogP) is 5.34. The number of anilines is 1. The van der Waals surface area contributed by atoms with Crippen molar-refractivity contribution in [1.82, 2.24) is 25.3 Å². The number of aromatic hydroxyl groups is 1. The number of unbranched alkanes of at least 4 members (excludes halogenated alkanes) is 2. The molecule has 2 heterocycles. The van der Waals surface area contributed by atoms with Gasteiger partial charge in [0.1, 0.15) is 11.9 Å². The van der Waals surface area contributed by atoms with E-state index in [0.717, 1.165) is 81.4 Å². The second-order valence-electron chi connectivity index (χ2n) is 13.9. The first-order valence-corrected chi connectivity index (χ1v) is 19.0. The number of carbonyl (C=O) groups is 4. The molecule has 0 unspecified atom stereocenters. The highest BCUT2D eigenvalue weighted by molar-refractivity contribution is 5.91. The number of benzene rings is 3. The zero-order chi connectivity index (χ0) is 37.3. The Kier molecular flexibility index (Phi) is 15.5. The number of hydrogen-bond donors (Lipinski definition) is 4. The fourth-order valence-electron chi connectivity index (χ4n) is 6.73. The molecule has 12 heteroatoms. The molecule has 0 saturated carbocycles. The van der Waals surface area contributed by atoms with E-state index in [1.807, 2.05) is 71.6 Å². The van der Waals surface area contributed by atoms with Gasteiger partial charge in [-0.25, -0.2) is 4.79 Å². The van der Waals surface area contributed by atoms with E-state index < -0.39 is 6.09 Å². The molecule has 0 aromatic heterocycles. The summed E-state index contributed by atoms with van der Waals surface area (Å²) in [7, 11) is 0. The standard InChI is InChI=1S/C41H54N6O6/c48-34-17-15-32(16-18-34)30-47(40(51)14-9-24-46-29-22-39(50)43-31-46)25-8-2-7-23-42-38(49)21-28-45-26-19-35(20-27-45)53-41(52)44-37-13-6-5-12-36(37)33-10-3-1-4-11-33/h1,3-6,10-13,15-18,35,48H,2,7-9,14,19-31H2,(H,42,49)(H,43,50)(H,44,52). The Morgan fingerprint density at radius 1 is 0.830 bits per heavy atom. The van der Waals surface area contributed by atoms with Crippen LogP contribution in [0.5, 0.6) is 5.75 Å². The molecule has 3 aromatic rings. The number of nitrogens with zero attached hydrogens (tertiary/aromatic N) is 3. The molecule has 4 N–H and O–H groups in total. The van der Waals surface area contributed by atoms with Gasteiger partial charge in [-0.05, 0) is 67.9 Å². The second kappa shape index (κ2) is 20.9. The summed E-state index contributed by atoms with van der Waals surface area (Å²) in [5.74, 6) is 0.384. The lowest BCUT2D eigenvalue weighted by molar-refractivity contribution is -0.132. The number of rotatable bonds is 18. The van der Waals surface area contributed by atoms with Crippen LogP contribution in [-0.2, 0) is 25.7 Å². The first kappa shape index (κ1) is 39.3. The van der Waals surface area contributed by atoms with Crippen LogP contribution in [0.1, 0.15) is 63.4 Å². The molecule has 2 aliphatic heterocycles. The highest BCUT2D eigenvalue weighted by atomic mass is 16.6. The summed E-state index contributed by atoms with van der Waals surface area (Å²) in [6.07, 6.45) is 5.42. The first-order valence-electron chi connectivity index (χ1n) is 19.0. The molecule has 4 amide bonds. The van der Waals surface area contributed by atoms with Gasteiger partial charge in [-0.1, -0.05) is 60.7 Å². The van der Waals surface area contributed by atoms with Crippen molar-refractivity contribution < 1.29 is 29.0 Å². The maximum absolute atomic E-state index is 13.2. The largest absolute Gasteiger partial charge is 0.508 e. The van der Waals surface area contributed by atoms with Crippen LogP contribution in [0.3, 0.4) is 0 Å². The van der Waals surface area contributed by atoms with Crippen molar-refractivity contribution in [3.8, 4) is 16.9 Å². The summed E-state index contributed by atoms with van der Waals surface area (Å²) in [6, 6.07) is 24.6. The molecule has 0 atom stereocenters. The minimum absolute atomic E-state index is 0.0252. The van der Waals surface area contributed by atoms with E-state index in [0.29, 0.717) is 57.8 Å². The van der Waals surface area contributed by atoms with E-state index in [1.165, 1.54) is 0 Å². The highest BCUT2D eigenvalue weighted by Gasteiger charge is 2.23. The van der Waals surface area contributed by atoms with Crippen LogP contribution in [0.15, 0.2) is 78.9 Å². The molecule has 53 heavy (non-hydrogen) atoms. The Balaban J connectivity index is 0.935. The lowest BCUT2D eigenvalue weighted by atomic mass is 10.0. The average Bonchev–Trinajstić information content (AvgIpc) is 3.17. The van der Waals surface area contributed by atoms with E-state index in [9.17, 15) is 24.3 Å². The summed E-state index contributed by atoms with van der Waals surface area (Å²) in [5, 5.41) is 18.5. The second-order valence-corrected chi connectivity index (χ2v) is 13.9. The number of likely N-dealkylation sites (tertiary alicyclic amines) is 1. The van der Waals surface area contributed by atoms with Gasteiger partial charge in [-0.3, -0.25) is 24.6 Å². The first-order chi connectivity index (χ1) is 25.8. The number of phenolic OH excluding ortho intramolecular Hbond substituents is 1. The highest BCUT2D eigenvalue weighted by Crippen LogP contribution is 2.28. The van der Waals surface area contributed by atoms with Gasteiger partial charge in [0.05, 0.1) is 12.4 Å². The third kappa shape index (κ3) is 13.5. The minimum Gasteiger partial charge on any atom is -0.508 e. The molecule has 0 bridgehead atoms. The van der Waals surface area contributed by atoms with E-state index in [2.05, 4.69) is 25.8 Å². The molecular weight excluding hydrogens is 672 g/mol. The molecule has 3 aromatic carbocycles.